The molecule has 7 heteroatoms. The molecule has 1 aliphatic carbocycles. The first-order valence-electron chi connectivity index (χ1n) is 8.93. The van der Waals surface area contributed by atoms with Crippen molar-refractivity contribution >= 4 is 23.7 Å². The summed E-state index contributed by atoms with van der Waals surface area (Å²) in [5, 5.41) is 5.64. The van der Waals surface area contributed by atoms with E-state index in [1.54, 1.807) is 0 Å². The van der Waals surface area contributed by atoms with Crippen LogP contribution in [0.25, 0.3) is 0 Å². The van der Waals surface area contributed by atoms with Crippen molar-refractivity contribution in [3.8, 4) is 0 Å². The van der Waals surface area contributed by atoms with Gasteiger partial charge in [-0.2, -0.15) is 0 Å². The lowest BCUT2D eigenvalue weighted by Gasteiger charge is -2.21. The predicted octanol–water partition coefficient (Wildman–Crippen LogP) is 3.72. The Balaban J connectivity index is 2.05. The van der Waals surface area contributed by atoms with E-state index < -0.39 is 11.3 Å². The summed E-state index contributed by atoms with van der Waals surface area (Å²) in [6, 6.07) is 0.0135. The van der Waals surface area contributed by atoms with Crippen LogP contribution in [0.4, 0.5) is 4.79 Å². The van der Waals surface area contributed by atoms with Crippen LogP contribution < -0.4 is 10.6 Å². The van der Waals surface area contributed by atoms with Crippen LogP contribution in [0.5, 0.6) is 0 Å². The summed E-state index contributed by atoms with van der Waals surface area (Å²) in [4.78, 5) is 28.9. The minimum atomic E-state index is -0.462. The molecule has 0 bridgehead atoms. The summed E-state index contributed by atoms with van der Waals surface area (Å²) in [6.07, 6.45) is 4.82. The molecule has 0 spiro atoms. The SMILES string of the molecule is Cc1nc(S[C@@H](C)C(=O)NC(=O)NC(C)(C)C)n(C2CCCC2)c1C. The van der Waals surface area contributed by atoms with Crippen molar-refractivity contribution in [1.82, 2.24) is 20.2 Å². The van der Waals surface area contributed by atoms with E-state index in [0.717, 1.165) is 10.9 Å². The van der Waals surface area contributed by atoms with Crippen LogP contribution in [-0.4, -0.2) is 32.3 Å². The number of nitrogens with zero attached hydrogens (tertiary/aromatic N) is 2. The zero-order valence-corrected chi connectivity index (χ0v) is 16.9. The third kappa shape index (κ3) is 5.23. The topological polar surface area (TPSA) is 76.0 Å². The lowest BCUT2D eigenvalue weighted by Crippen LogP contribution is -2.49. The number of imide groups is 1. The van der Waals surface area contributed by atoms with Crippen molar-refractivity contribution in [2.24, 2.45) is 0 Å². The van der Waals surface area contributed by atoms with Crippen LogP contribution in [0.3, 0.4) is 0 Å². The van der Waals surface area contributed by atoms with Crippen LogP contribution in [0.15, 0.2) is 5.16 Å². The van der Waals surface area contributed by atoms with Gasteiger partial charge in [-0.15, -0.1) is 0 Å². The van der Waals surface area contributed by atoms with E-state index in [2.05, 4.69) is 27.1 Å². The van der Waals surface area contributed by atoms with Gasteiger partial charge in [0.05, 0.1) is 10.9 Å². The molecule has 140 valence electrons. The van der Waals surface area contributed by atoms with Crippen molar-refractivity contribution in [3.05, 3.63) is 11.4 Å². The Morgan fingerprint density at radius 3 is 2.40 bits per heavy atom. The van der Waals surface area contributed by atoms with Crippen LogP contribution in [0.2, 0.25) is 0 Å². The molecule has 6 nitrogen and oxygen atoms in total. The Labute approximate surface area is 154 Å². The number of carbonyl (C=O) groups excluding carboxylic acids is 2. The number of carbonyl (C=O) groups is 2. The second kappa shape index (κ2) is 7.81. The summed E-state index contributed by atoms with van der Waals surface area (Å²) >= 11 is 1.42. The number of urea groups is 1. The van der Waals surface area contributed by atoms with E-state index in [9.17, 15) is 9.59 Å². The van der Waals surface area contributed by atoms with Gasteiger partial charge in [-0.25, -0.2) is 9.78 Å². The number of aromatic nitrogens is 2. The number of hydrogen-bond donors (Lipinski definition) is 2. The highest BCUT2D eigenvalue weighted by atomic mass is 32.2. The van der Waals surface area contributed by atoms with E-state index in [-0.39, 0.29) is 11.4 Å². The van der Waals surface area contributed by atoms with Crippen LogP contribution in [0.1, 0.15) is 70.8 Å². The van der Waals surface area contributed by atoms with Crippen molar-refractivity contribution in [2.75, 3.05) is 0 Å². The third-order valence-corrected chi connectivity index (χ3v) is 5.49. The van der Waals surface area contributed by atoms with Gasteiger partial charge in [-0.1, -0.05) is 24.6 Å². The van der Waals surface area contributed by atoms with Crippen molar-refractivity contribution < 1.29 is 9.59 Å². The number of aryl methyl sites for hydroxylation is 1. The molecule has 0 saturated heterocycles. The Morgan fingerprint density at radius 1 is 1.24 bits per heavy atom. The largest absolute Gasteiger partial charge is 0.333 e. The van der Waals surface area contributed by atoms with Gasteiger partial charge in [-0.05, 0) is 54.4 Å². The van der Waals surface area contributed by atoms with Crippen molar-refractivity contribution in [3.63, 3.8) is 0 Å². The monoisotopic (exact) mass is 366 g/mol. The molecule has 2 rings (SSSR count). The smallest absolute Gasteiger partial charge is 0.321 e. The number of imidazole rings is 1. The zero-order chi connectivity index (χ0) is 18.8. The molecule has 3 amide bonds. The summed E-state index contributed by atoms with van der Waals surface area (Å²) in [7, 11) is 0. The average Bonchev–Trinajstić information content (AvgIpc) is 3.06. The maximum atomic E-state index is 12.3. The molecule has 1 fully saturated rings. The van der Waals surface area contributed by atoms with Crippen LogP contribution >= 0.6 is 11.8 Å². The van der Waals surface area contributed by atoms with Gasteiger partial charge >= 0.3 is 6.03 Å². The Hall–Kier alpha value is -1.50. The molecule has 25 heavy (non-hydrogen) atoms. The van der Waals surface area contributed by atoms with Gasteiger partial charge in [0.1, 0.15) is 0 Å². The molecule has 1 aromatic rings. The van der Waals surface area contributed by atoms with Gasteiger partial charge in [0.15, 0.2) is 5.16 Å². The summed E-state index contributed by atoms with van der Waals surface area (Å²) < 4.78 is 2.28. The van der Waals surface area contributed by atoms with Gasteiger partial charge in [-0.3, -0.25) is 10.1 Å². The molecule has 1 aromatic heterocycles. The maximum Gasteiger partial charge on any atom is 0.321 e. The van der Waals surface area contributed by atoms with Crippen molar-refractivity contribution in [2.45, 2.75) is 89.2 Å². The Bertz CT molecular complexity index is 642. The number of nitrogens with one attached hydrogen (secondary N) is 2. The van der Waals surface area contributed by atoms with Crippen LogP contribution in [0, 0.1) is 13.8 Å². The average molecular weight is 367 g/mol. The standard InChI is InChI=1S/C18H30N4O2S/c1-11-12(2)22(14-9-7-8-10-14)17(19-11)25-13(3)15(23)20-16(24)21-18(4,5)6/h13-14H,7-10H2,1-6H3,(H2,20,21,23,24)/t13-/m0/s1. The van der Waals surface area contributed by atoms with Gasteiger partial charge in [0, 0.05) is 17.3 Å². The zero-order valence-electron chi connectivity index (χ0n) is 16.1. The summed E-state index contributed by atoms with van der Waals surface area (Å²) in [5.74, 6) is -0.303. The first kappa shape index (κ1) is 19.8. The fraction of sp³-hybridized carbons (Fsp3) is 0.722. The highest BCUT2D eigenvalue weighted by molar-refractivity contribution is 8.00. The quantitative estimate of drug-likeness (QED) is 0.796. The molecule has 0 aromatic carbocycles. The second-order valence-corrected chi connectivity index (χ2v) is 9.13. The molecular formula is C18H30N4O2S. The molecule has 1 heterocycles. The van der Waals surface area contributed by atoms with E-state index in [1.165, 1.54) is 43.1 Å². The predicted molar refractivity (Wildman–Crippen MR) is 101 cm³/mol. The summed E-state index contributed by atoms with van der Waals surface area (Å²) in [5.41, 5.74) is 1.80. The van der Waals surface area contributed by atoms with Gasteiger partial charge < -0.3 is 9.88 Å². The Kier molecular flexibility index (Phi) is 6.19. The van der Waals surface area contributed by atoms with E-state index in [1.807, 2.05) is 34.6 Å². The molecule has 1 atom stereocenters. The maximum absolute atomic E-state index is 12.3. The first-order chi connectivity index (χ1) is 11.6. The highest BCUT2D eigenvalue weighted by Crippen LogP contribution is 2.36. The van der Waals surface area contributed by atoms with E-state index >= 15 is 0 Å². The number of thioether (sulfide) groups is 1. The van der Waals surface area contributed by atoms with E-state index in [4.69, 9.17) is 0 Å². The molecule has 0 aliphatic heterocycles. The molecule has 2 N–H and O–H groups in total. The number of rotatable bonds is 4. The highest BCUT2D eigenvalue weighted by Gasteiger charge is 2.26. The summed E-state index contributed by atoms with van der Waals surface area (Å²) in [6.45, 7) is 11.5. The van der Waals surface area contributed by atoms with Gasteiger partial charge in [0.2, 0.25) is 5.91 Å². The molecule has 1 aliphatic rings. The fourth-order valence-corrected chi connectivity index (χ4v) is 4.14. The minimum Gasteiger partial charge on any atom is -0.333 e. The Morgan fingerprint density at radius 2 is 1.84 bits per heavy atom. The van der Waals surface area contributed by atoms with Crippen molar-refractivity contribution in [1.29, 1.82) is 0 Å². The molecule has 1 saturated carbocycles. The first-order valence-corrected chi connectivity index (χ1v) is 9.81. The normalized spacial score (nSPS) is 16.7. The number of hydrogen-bond acceptors (Lipinski definition) is 4. The lowest BCUT2D eigenvalue weighted by molar-refractivity contribution is -0.119. The van der Waals surface area contributed by atoms with Crippen LogP contribution in [-0.2, 0) is 4.79 Å². The lowest BCUT2D eigenvalue weighted by atomic mass is 10.1. The molecule has 0 unspecified atom stereocenters. The molecular weight excluding hydrogens is 336 g/mol. The minimum absolute atomic E-state index is 0.303. The number of amides is 3. The third-order valence-electron chi connectivity index (χ3n) is 4.42. The van der Waals surface area contributed by atoms with Gasteiger partial charge in [0.25, 0.3) is 0 Å². The second-order valence-electron chi connectivity index (χ2n) is 7.83. The molecule has 0 radical (unpaired) electrons. The van der Waals surface area contributed by atoms with E-state index in [0.29, 0.717) is 6.04 Å². The fourth-order valence-electron chi connectivity index (χ4n) is 3.07.